The highest BCUT2D eigenvalue weighted by atomic mass is 35.5. The van der Waals surface area contributed by atoms with Crippen LogP contribution < -0.4 is 5.32 Å². The molecule has 3 aromatic rings. The first-order chi connectivity index (χ1) is 19.0. The Bertz CT molecular complexity index is 1320. The third kappa shape index (κ3) is 6.68. The molecule has 9 heteroatoms. The number of nitrogens with one attached hydrogen (secondary N) is 1. The number of aryl methyl sites for hydroxylation is 1. The summed E-state index contributed by atoms with van der Waals surface area (Å²) in [6, 6.07) is 15.9. The number of morpholine rings is 1. The number of nitrogens with zero attached hydrogens (tertiary/aromatic N) is 5. The lowest BCUT2D eigenvalue weighted by atomic mass is 10.0. The number of benzene rings is 2. The van der Waals surface area contributed by atoms with Crippen LogP contribution in [0.2, 0.25) is 5.02 Å². The summed E-state index contributed by atoms with van der Waals surface area (Å²) in [5, 5.41) is 17.7. The number of halogens is 1. The second-order valence-corrected chi connectivity index (χ2v) is 10.7. The van der Waals surface area contributed by atoms with E-state index in [0.29, 0.717) is 27.9 Å². The molecule has 0 unspecified atom stereocenters. The van der Waals surface area contributed by atoms with Crippen molar-refractivity contribution in [1.82, 2.24) is 19.6 Å². The number of anilines is 1. The van der Waals surface area contributed by atoms with Gasteiger partial charge in [0.15, 0.2) is 0 Å². The Labute approximate surface area is 235 Å². The second kappa shape index (κ2) is 12.8. The van der Waals surface area contributed by atoms with Crippen LogP contribution in [0.4, 0.5) is 5.69 Å². The average molecular weight is 547 g/mol. The van der Waals surface area contributed by atoms with Crippen molar-refractivity contribution in [2.75, 3.05) is 51.3 Å². The zero-order valence-electron chi connectivity index (χ0n) is 22.4. The highest BCUT2D eigenvalue weighted by Crippen LogP contribution is 2.22. The third-order valence-electron chi connectivity index (χ3n) is 7.85. The summed E-state index contributed by atoms with van der Waals surface area (Å²) in [6.45, 7) is 8.99. The molecule has 1 amide bonds. The number of rotatable bonds is 8. The van der Waals surface area contributed by atoms with Gasteiger partial charge in [-0.3, -0.25) is 9.69 Å². The van der Waals surface area contributed by atoms with Gasteiger partial charge in [-0.15, -0.1) is 0 Å². The maximum Gasteiger partial charge on any atom is 0.259 e. The summed E-state index contributed by atoms with van der Waals surface area (Å²) in [5.74, 6) is -0.259. The molecule has 0 spiro atoms. The number of nitriles is 1. The van der Waals surface area contributed by atoms with Crippen LogP contribution in [-0.2, 0) is 11.2 Å². The Hall–Kier alpha value is -3.22. The summed E-state index contributed by atoms with van der Waals surface area (Å²) in [6.07, 6.45) is 5.84. The van der Waals surface area contributed by atoms with Crippen molar-refractivity contribution in [3.05, 3.63) is 76.1 Å². The number of carbonyl (C=O) groups excluding carboxylic acids is 1. The first kappa shape index (κ1) is 27.4. The fraction of sp³-hybridized carbons (Fsp3) is 0.433. The van der Waals surface area contributed by atoms with E-state index in [1.807, 2.05) is 31.2 Å². The number of aromatic nitrogens is 2. The van der Waals surface area contributed by atoms with E-state index >= 15 is 0 Å². The number of piperidine rings is 1. The maximum atomic E-state index is 13.0. The molecule has 3 heterocycles. The van der Waals surface area contributed by atoms with Crippen molar-refractivity contribution >= 4 is 23.2 Å². The molecule has 5 rings (SSSR count). The minimum atomic E-state index is -0.259. The Balaban J connectivity index is 1.13. The van der Waals surface area contributed by atoms with Crippen molar-refractivity contribution in [2.45, 2.75) is 38.6 Å². The normalized spacial score (nSPS) is 17.2. The van der Waals surface area contributed by atoms with E-state index in [4.69, 9.17) is 16.3 Å². The van der Waals surface area contributed by atoms with Crippen molar-refractivity contribution in [3.8, 4) is 11.8 Å². The van der Waals surface area contributed by atoms with Gasteiger partial charge < -0.3 is 15.0 Å². The number of hydrogen-bond acceptors (Lipinski definition) is 6. The molecular weight excluding hydrogens is 512 g/mol. The fourth-order valence-corrected chi connectivity index (χ4v) is 5.72. The Morgan fingerprint density at radius 1 is 1.13 bits per heavy atom. The largest absolute Gasteiger partial charge is 0.379 e. The van der Waals surface area contributed by atoms with Gasteiger partial charge in [-0.2, -0.15) is 10.4 Å². The van der Waals surface area contributed by atoms with Crippen molar-refractivity contribution < 1.29 is 9.53 Å². The van der Waals surface area contributed by atoms with Crippen LogP contribution in [0.1, 0.15) is 46.4 Å². The lowest BCUT2D eigenvalue weighted by molar-refractivity contribution is 0.000856. The van der Waals surface area contributed by atoms with E-state index in [2.05, 4.69) is 26.3 Å². The molecule has 0 radical (unpaired) electrons. The predicted octanol–water partition coefficient (Wildman–Crippen LogP) is 4.69. The highest BCUT2D eigenvalue weighted by Gasteiger charge is 2.25. The first-order valence-electron chi connectivity index (χ1n) is 13.7. The molecule has 0 bridgehead atoms. The second-order valence-electron chi connectivity index (χ2n) is 10.3. The molecule has 1 N–H and O–H groups in total. The minimum absolute atomic E-state index is 0.259. The highest BCUT2D eigenvalue weighted by molar-refractivity contribution is 6.30. The summed E-state index contributed by atoms with van der Waals surface area (Å²) in [4.78, 5) is 18.1. The van der Waals surface area contributed by atoms with Gasteiger partial charge >= 0.3 is 0 Å². The molecule has 8 nitrogen and oxygen atoms in total. The van der Waals surface area contributed by atoms with Crippen LogP contribution in [0.15, 0.2) is 48.7 Å². The summed E-state index contributed by atoms with van der Waals surface area (Å²) in [7, 11) is 0. The van der Waals surface area contributed by atoms with Crippen LogP contribution in [-0.4, -0.2) is 77.5 Å². The van der Waals surface area contributed by atoms with E-state index in [1.165, 1.54) is 12.8 Å². The number of amides is 1. The Morgan fingerprint density at radius 2 is 1.87 bits per heavy atom. The molecule has 2 aliphatic rings. The average Bonchev–Trinajstić information content (AvgIpc) is 3.36. The molecule has 39 heavy (non-hydrogen) atoms. The van der Waals surface area contributed by atoms with Gasteiger partial charge in [-0.25, -0.2) is 4.68 Å². The predicted molar refractivity (Wildman–Crippen MR) is 153 cm³/mol. The lowest BCUT2D eigenvalue weighted by Gasteiger charge is -2.40. The van der Waals surface area contributed by atoms with Gasteiger partial charge in [0.2, 0.25) is 0 Å². The van der Waals surface area contributed by atoms with Crippen molar-refractivity contribution in [2.24, 2.45) is 0 Å². The van der Waals surface area contributed by atoms with Crippen LogP contribution in [0.5, 0.6) is 0 Å². The molecule has 0 saturated carbocycles. The number of ether oxygens (including phenoxy) is 1. The Morgan fingerprint density at radius 3 is 2.59 bits per heavy atom. The number of hydrogen-bond donors (Lipinski definition) is 1. The van der Waals surface area contributed by atoms with Gasteiger partial charge in [0, 0.05) is 29.8 Å². The van der Waals surface area contributed by atoms with Crippen molar-refractivity contribution in [1.29, 1.82) is 5.26 Å². The van der Waals surface area contributed by atoms with Gasteiger partial charge in [0.25, 0.3) is 5.91 Å². The zero-order chi connectivity index (χ0) is 27.2. The van der Waals surface area contributed by atoms with E-state index in [0.717, 1.165) is 75.7 Å². The van der Waals surface area contributed by atoms with E-state index in [-0.39, 0.29) is 5.91 Å². The maximum absolute atomic E-state index is 13.0. The van der Waals surface area contributed by atoms with Crippen LogP contribution in [0, 0.1) is 18.3 Å². The smallest absolute Gasteiger partial charge is 0.259 e. The molecule has 1 aromatic heterocycles. The first-order valence-corrected chi connectivity index (χ1v) is 14.1. The zero-order valence-corrected chi connectivity index (χ0v) is 23.2. The third-order valence-corrected chi connectivity index (χ3v) is 8.11. The summed E-state index contributed by atoms with van der Waals surface area (Å²) >= 11 is 5.99. The molecule has 0 atom stereocenters. The molecular formula is C30H35ClN6O2. The summed E-state index contributed by atoms with van der Waals surface area (Å²) in [5.41, 5.74) is 4.25. The van der Waals surface area contributed by atoms with E-state index in [1.54, 1.807) is 29.1 Å². The van der Waals surface area contributed by atoms with Gasteiger partial charge in [-0.1, -0.05) is 17.7 Å². The molecule has 0 aliphatic carbocycles. The quantitative estimate of drug-likeness (QED) is 0.441. The van der Waals surface area contributed by atoms with Crippen LogP contribution >= 0.6 is 11.6 Å². The van der Waals surface area contributed by atoms with Gasteiger partial charge in [-0.05, 0) is 94.2 Å². The fourth-order valence-electron chi connectivity index (χ4n) is 5.59. The molecule has 2 aliphatic heterocycles. The van der Waals surface area contributed by atoms with Crippen LogP contribution in [0.25, 0.3) is 5.69 Å². The topological polar surface area (TPSA) is 86.4 Å². The molecule has 2 fully saturated rings. The monoisotopic (exact) mass is 546 g/mol. The number of likely N-dealkylation sites (tertiary alicyclic amines) is 1. The minimum Gasteiger partial charge on any atom is -0.379 e. The SMILES string of the molecule is Cc1c(C(=O)Nc2ccc(CCCN3CCC(N4CCOCC4)CC3)c(C#N)c2)cnn1-c1ccc(Cl)cc1. The molecule has 2 aromatic carbocycles. The van der Waals surface area contributed by atoms with E-state index < -0.39 is 0 Å². The Kier molecular flexibility index (Phi) is 8.95. The standard InChI is InChI=1S/C30H35ClN6O2/c1-22-29(21-33-37(22)28-8-5-25(31)6-9-28)30(38)34-26-7-4-23(24(19-26)20-32)3-2-12-35-13-10-27(11-14-35)36-15-17-39-18-16-36/h4-9,19,21,27H,2-3,10-18H2,1H3,(H,34,38). The van der Waals surface area contributed by atoms with Gasteiger partial charge in [0.1, 0.15) is 0 Å². The lowest BCUT2D eigenvalue weighted by Crippen LogP contribution is -2.49. The summed E-state index contributed by atoms with van der Waals surface area (Å²) < 4.78 is 7.20. The van der Waals surface area contributed by atoms with E-state index in [9.17, 15) is 10.1 Å². The van der Waals surface area contributed by atoms with Crippen LogP contribution in [0.3, 0.4) is 0 Å². The number of carbonyl (C=O) groups is 1. The van der Waals surface area contributed by atoms with Crippen molar-refractivity contribution in [3.63, 3.8) is 0 Å². The molecule has 204 valence electrons. The van der Waals surface area contributed by atoms with Gasteiger partial charge in [0.05, 0.1) is 48.0 Å². The molecule has 2 saturated heterocycles.